The van der Waals surface area contributed by atoms with Gasteiger partial charge in [0.05, 0.1) is 47.4 Å². The van der Waals surface area contributed by atoms with Gasteiger partial charge in [-0.2, -0.15) is 5.10 Å². The van der Waals surface area contributed by atoms with Gasteiger partial charge in [0.25, 0.3) is 0 Å². The van der Waals surface area contributed by atoms with Crippen LogP contribution in [-0.2, 0) is 4.79 Å². The van der Waals surface area contributed by atoms with E-state index in [0.717, 1.165) is 58.3 Å². The number of carbonyl (C=O) groups is 1. The Bertz CT molecular complexity index is 1850. The summed E-state index contributed by atoms with van der Waals surface area (Å²) < 4.78 is 5.40. The van der Waals surface area contributed by atoms with Crippen molar-refractivity contribution in [3.8, 4) is 39.7 Å². The van der Waals surface area contributed by atoms with Gasteiger partial charge in [-0.05, 0) is 48.7 Å². The molecule has 0 bridgehead atoms. The summed E-state index contributed by atoms with van der Waals surface area (Å²) >= 11 is 0. The quantitative estimate of drug-likeness (QED) is 0.271. The van der Waals surface area contributed by atoms with Gasteiger partial charge in [-0.25, -0.2) is 9.97 Å². The highest BCUT2D eigenvalue weighted by Gasteiger charge is 2.25. The Balaban J connectivity index is 1.26. The molecule has 1 aliphatic rings. The van der Waals surface area contributed by atoms with Gasteiger partial charge in [0.1, 0.15) is 11.3 Å². The number of hydrogen-bond acceptors (Lipinski definition) is 7. The number of amides is 1. The first-order valence-corrected chi connectivity index (χ1v) is 12.8. The number of carbonyl (C=O) groups excluding carboxylic acids is 1. The van der Waals surface area contributed by atoms with Gasteiger partial charge in [0.15, 0.2) is 11.5 Å². The molecule has 0 aliphatic heterocycles. The SMILES string of the molecule is COc1cccc(-c2cncc3[nH]c(-c4n[nH]c5ccc(-c6cncc(NC(=O)C7CCC7)c6)nc45)nc23)c1. The van der Waals surface area contributed by atoms with Crippen molar-refractivity contribution < 1.29 is 9.53 Å². The fraction of sp³-hybridized carbons (Fsp3) is 0.172. The molecule has 6 aromatic rings. The van der Waals surface area contributed by atoms with Crippen molar-refractivity contribution in [1.82, 2.24) is 35.1 Å². The van der Waals surface area contributed by atoms with Gasteiger partial charge in [-0.1, -0.05) is 18.6 Å². The number of hydrogen-bond donors (Lipinski definition) is 3. The van der Waals surface area contributed by atoms with Crippen molar-refractivity contribution in [3.63, 3.8) is 0 Å². The highest BCUT2D eigenvalue weighted by molar-refractivity contribution is 5.96. The first-order chi connectivity index (χ1) is 19.2. The molecule has 5 heterocycles. The summed E-state index contributed by atoms with van der Waals surface area (Å²) in [7, 11) is 1.65. The first-order valence-electron chi connectivity index (χ1n) is 12.8. The van der Waals surface area contributed by atoms with Gasteiger partial charge >= 0.3 is 0 Å². The van der Waals surface area contributed by atoms with E-state index < -0.39 is 0 Å². The number of H-pyrrole nitrogens is 2. The van der Waals surface area contributed by atoms with Crippen LogP contribution in [0, 0.1) is 5.92 Å². The number of aromatic nitrogens is 7. The number of imidazole rings is 1. The molecule has 5 aromatic heterocycles. The van der Waals surface area contributed by atoms with E-state index >= 15 is 0 Å². The predicted molar refractivity (Wildman–Crippen MR) is 148 cm³/mol. The highest BCUT2D eigenvalue weighted by Crippen LogP contribution is 2.33. The fourth-order valence-corrected chi connectivity index (χ4v) is 4.83. The third-order valence-corrected chi connectivity index (χ3v) is 7.18. The number of rotatable bonds is 6. The molecule has 3 N–H and O–H groups in total. The lowest BCUT2D eigenvalue weighted by Crippen LogP contribution is -2.28. The summed E-state index contributed by atoms with van der Waals surface area (Å²) in [4.78, 5) is 34.3. The first kappa shape index (κ1) is 23.0. The van der Waals surface area contributed by atoms with Crippen LogP contribution < -0.4 is 10.1 Å². The van der Waals surface area contributed by atoms with Crippen LogP contribution >= 0.6 is 0 Å². The number of nitrogens with one attached hydrogen (secondary N) is 3. The van der Waals surface area contributed by atoms with Crippen LogP contribution in [0.3, 0.4) is 0 Å². The molecule has 1 fully saturated rings. The van der Waals surface area contributed by atoms with Crippen LogP contribution in [0.2, 0.25) is 0 Å². The molecule has 1 aromatic carbocycles. The van der Waals surface area contributed by atoms with Crippen LogP contribution in [-0.4, -0.2) is 48.1 Å². The Morgan fingerprint density at radius 3 is 2.69 bits per heavy atom. The Kier molecular flexibility index (Phi) is 5.50. The maximum Gasteiger partial charge on any atom is 0.227 e. The summed E-state index contributed by atoms with van der Waals surface area (Å²) in [5, 5.41) is 10.6. The van der Waals surface area contributed by atoms with E-state index in [1.54, 1.807) is 31.9 Å². The van der Waals surface area contributed by atoms with Crippen LogP contribution in [0.1, 0.15) is 19.3 Å². The van der Waals surface area contributed by atoms with Crippen LogP contribution in [0.4, 0.5) is 5.69 Å². The van der Waals surface area contributed by atoms with E-state index in [1.165, 1.54) is 0 Å². The maximum atomic E-state index is 12.4. The zero-order valence-corrected chi connectivity index (χ0v) is 21.1. The van der Waals surface area contributed by atoms with E-state index in [-0.39, 0.29) is 11.8 Å². The minimum absolute atomic E-state index is 0.0495. The van der Waals surface area contributed by atoms with Crippen molar-refractivity contribution in [3.05, 3.63) is 67.3 Å². The lowest BCUT2D eigenvalue weighted by atomic mass is 9.85. The fourth-order valence-electron chi connectivity index (χ4n) is 4.83. The lowest BCUT2D eigenvalue weighted by molar-refractivity contribution is -0.122. The second-order valence-corrected chi connectivity index (χ2v) is 9.64. The molecule has 7 rings (SSSR count). The van der Waals surface area contributed by atoms with E-state index in [2.05, 4.69) is 30.5 Å². The minimum Gasteiger partial charge on any atom is -0.497 e. The van der Waals surface area contributed by atoms with Crippen molar-refractivity contribution in [2.24, 2.45) is 5.92 Å². The standard InChI is InChI=1S/C29H24N8O2/c1-39-20-7-3-6-17(11-20)21-14-31-15-24-25(21)35-28(34-24)27-26-23(36-37-27)9-8-22(33-26)18-10-19(13-30-12-18)32-29(38)16-4-2-5-16/h3,6-16H,2,4-5H2,1H3,(H,32,38)(H,34,35)(H,36,37). The Morgan fingerprint density at radius 1 is 0.949 bits per heavy atom. The number of fused-ring (bicyclic) bond motifs is 2. The van der Waals surface area contributed by atoms with E-state index in [4.69, 9.17) is 14.7 Å². The molecule has 0 radical (unpaired) electrons. The molecule has 0 saturated heterocycles. The van der Waals surface area contributed by atoms with Gasteiger partial charge in [0, 0.05) is 29.4 Å². The summed E-state index contributed by atoms with van der Waals surface area (Å²) in [5.41, 5.74) is 7.63. The summed E-state index contributed by atoms with van der Waals surface area (Å²) in [5.74, 6) is 1.49. The van der Waals surface area contributed by atoms with Gasteiger partial charge in [-0.3, -0.25) is 19.9 Å². The Hall–Kier alpha value is -5.12. The van der Waals surface area contributed by atoms with E-state index in [0.29, 0.717) is 28.4 Å². The Morgan fingerprint density at radius 2 is 1.85 bits per heavy atom. The van der Waals surface area contributed by atoms with Gasteiger partial charge < -0.3 is 15.0 Å². The number of benzene rings is 1. The van der Waals surface area contributed by atoms with Crippen molar-refractivity contribution in [1.29, 1.82) is 0 Å². The zero-order valence-electron chi connectivity index (χ0n) is 21.1. The normalized spacial score (nSPS) is 13.5. The molecule has 10 nitrogen and oxygen atoms in total. The average molecular weight is 517 g/mol. The molecule has 1 amide bonds. The number of anilines is 1. The number of methoxy groups -OCH3 is 1. The van der Waals surface area contributed by atoms with Crippen molar-refractivity contribution in [2.75, 3.05) is 12.4 Å². The number of aromatic amines is 2. The molecule has 39 heavy (non-hydrogen) atoms. The van der Waals surface area contributed by atoms with Crippen molar-refractivity contribution in [2.45, 2.75) is 19.3 Å². The topological polar surface area (TPSA) is 134 Å². The molecular weight excluding hydrogens is 492 g/mol. The number of pyridine rings is 3. The molecule has 0 spiro atoms. The van der Waals surface area contributed by atoms with E-state index in [1.807, 2.05) is 42.5 Å². The number of nitrogens with zero attached hydrogens (tertiary/aromatic N) is 5. The molecule has 0 atom stereocenters. The van der Waals surface area contributed by atoms with Gasteiger partial charge in [-0.15, -0.1) is 0 Å². The Labute approximate surface area is 222 Å². The van der Waals surface area contributed by atoms with Crippen LogP contribution in [0.15, 0.2) is 67.3 Å². The van der Waals surface area contributed by atoms with Crippen molar-refractivity contribution >= 4 is 33.7 Å². The highest BCUT2D eigenvalue weighted by atomic mass is 16.5. The maximum absolute atomic E-state index is 12.4. The third kappa shape index (κ3) is 4.15. The largest absolute Gasteiger partial charge is 0.497 e. The monoisotopic (exact) mass is 516 g/mol. The summed E-state index contributed by atoms with van der Waals surface area (Å²) in [6, 6.07) is 13.5. The van der Waals surface area contributed by atoms with Crippen LogP contribution in [0.25, 0.3) is 56.0 Å². The van der Waals surface area contributed by atoms with Gasteiger partial charge in [0.2, 0.25) is 5.91 Å². The lowest BCUT2D eigenvalue weighted by Gasteiger charge is -2.24. The molecular formula is C29H24N8O2. The van der Waals surface area contributed by atoms with Crippen LogP contribution in [0.5, 0.6) is 5.75 Å². The second kappa shape index (κ2) is 9.32. The second-order valence-electron chi connectivity index (χ2n) is 9.64. The molecule has 1 aliphatic carbocycles. The predicted octanol–water partition coefficient (Wildman–Crippen LogP) is 5.37. The molecule has 0 unspecified atom stereocenters. The minimum atomic E-state index is 0.0495. The summed E-state index contributed by atoms with van der Waals surface area (Å²) in [6.07, 6.45) is 9.93. The molecule has 192 valence electrons. The zero-order chi connectivity index (χ0) is 26.3. The molecule has 10 heteroatoms. The summed E-state index contributed by atoms with van der Waals surface area (Å²) in [6.45, 7) is 0. The third-order valence-electron chi connectivity index (χ3n) is 7.18. The van der Waals surface area contributed by atoms with E-state index in [9.17, 15) is 4.79 Å². The smallest absolute Gasteiger partial charge is 0.227 e. The molecule has 1 saturated carbocycles. The number of ether oxygens (including phenoxy) is 1. The average Bonchev–Trinajstić information content (AvgIpc) is 3.56.